The molecule has 1 saturated heterocycles. The van der Waals surface area contributed by atoms with Crippen molar-refractivity contribution in [1.82, 2.24) is 20.0 Å². The highest BCUT2D eigenvalue weighted by Gasteiger charge is 2.22. The first-order chi connectivity index (χ1) is 9.72. The van der Waals surface area contributed by atoms with Gasteiger partial charge >= 0.3 is 0 Å². The summed E-state index contributed by atoms with van der Waals surface area (Å²) in [5, 5.41) is 6.43. The number of rotatable bonds is 3. The fourth-order valence-corrected chi connectivity index (χ4v) is 2.68. The van der Waals surface area contributed by atoms with E-state index in [0.717, 1.165) is 30.9 Å². The van der Waals surface area contributed by atoms with Crippen LogP contribution in [0.5, 0.6) is 0 Å². The highest BCUT2D eigenvalue weighted by molar-refractivity contribution is 5.78. The average Bonchev–Trinajstić information content (AvgIpc) is 2.83. The van der Waals surface area contributed by atoms with Gasteiger partial charge in [0.15, 0.2) is 0 Å². The highest BCUT2D eigenvalue weighted by Crippen LogP contribution is 2.11. The van der Waals surface area contributed by atoms with Crippen LogP contribution in [0.1, 0.15) is 19.0 Å². The smallest absolute Gasteiger partial charge is 0.226 e. The van der Waals surface area contributed by atoms with E-state index in [2.05, 4.69) is 22.5 Å². The molecule has 2 aromatic rings. The van der Waals surface area contributed by atoms with Gasteiger partial charge in [-0.25, -0.2) is 4.98 Å². The zero-order chi connectivity index (χ0) is 13.9. The van der Waals surface area contributed by atoms with Crippen molar-refractivity contribution in [3.63, 3.8) is 0 Å². The van der Waals surface area contributed by atoms with Crippen LogP contribution in [0.3, 0.4) is 0 Å². The lowest BCUT2D eigenvalue weighted by Gasteiger charge is -2.30. The Bertz CT molecular complexity index is 574. The van der Waals surface area contributed by atoms with Crippen molar-refractivity contribution in [3.05, 3.63) is 36.3 Å². The predicted octanol–water partition coefficient (Wildman–Crippen LogP) is 0.991. The lowest BCUT2D eigenvalue weighted by atomic mass is 9.95. The summed E-state index contributed by atoms with van der Waals surface area (Å²) in [5.41, 5.74) is 1.69. The zero-order valence-corrected chi connectivity index (χ0v) is 11.7. The van der Waals surface area contributed by atoms with Gasteiger partial charge < -0.3 is 15.0 Å². The average molecular weight is 272 g/mol. The van der Waals surface area contributed by atoms with Crippen molar-refractivity contribution in [2.75, 3.05) is 13.1 Å². The number of nitrogens with zero attached hydrogens (tertiary/aromatic N) is 2. The van der Waals surface area contributed by atoms with Gasteiger partial charge in [-0.1, -0.05) is 13.0 Å². The minimum Gasteiger partial charge on any atom is -0.351 e. The minimum atomic E-state index is 0.0500. The van der Waals surface area contributed by atoms with Crippen molar-refractivity contribution >= 4 is 11.6 Å². The third-order valence-corrected chi connectivity index (χ3v) is 3.93. The molecule has 106 valence electrons. The maximum absolute atomic E-state index is 12.1. The molecule has 2 atom stereocenters. The van der Waals surface area contributed by atoms with Crippen LogP contribution in [0.2, 0.25) is 0 Å². The van der Waals surface area contributed by atoms with Crippen molar-refractivity contribution in [1.29, 1.82) is 0 Å². The number of carbonyl (C=O) groups excluding carboxylic acids is 1. The highest BCUT2D eigenvalue weighted by atomic mass is 16.1. The molecule has 0 bridgehead atoms. The number of nitrogens with one attached hydrogen (secondary N) is 2. The Morgan fingerprint density at radius 3 is 3.25 bits per heavy atom. The molecule has 2 aromatic heterocycles. The topological polar surface area (TPSA) is 58.4 Å². The summed E-state index contributed by atoms with van der Waals surface area (Å²) in [4.78, 5) is 16.6. The molecule has 3 heterocycles. The van der Waals surface area contributed by atoms with E-state index in [1.807, 2.05) is 35.0 Å². The Kier molecular flexibility index (Phi) is 3.69. The van der Waals surface area contributed by atoms with Crippen LogP contribution >= 0.6 is 0 Å². The Balaban J connectivity index is 1.63. The predicted molar refractivity (Wildman–Crippen MR) is 77.5 cm³/mol. The van der Waals surface area contributed by atoms with Crippen molar-refractivity contribution < 1.29 is 4.79 Å². The first-order valence-electron chi connectivity index (χ1n) is 7.15. The molecule has 2 N–H and O–H groups in total. The van der Waals surface area contributed by atoms with E-state index in [9.17, 15) is 4.79 Å². The van der Waals surface area contributed by atoms with Gasteiger partial charge in [0.05, 0.1) is 12.1 Å². The van der Waals surface area contributed by atoms with Gasteiger partial charge in [-0.05, 0) is 31.0 Å². The molecule has 0 aromatic carbocycles. The molecule has 0 aliphatic carbocycles. The van der Waals surface area contributed by atoms with Gasteiger partial charge in [0, 0.05) is 25.0 Å². The van der Waals surface area contributed by atoms with Crippen LogP contribution in [-0.2, 0) is 11.2 Å². The molecule has 0 spiro atoms. The number of aromatic nitrogens is 2. The largest absolute Gasteiger partial charge is 0.351 e. The zero-order valence-electron chi connectivity index (χ0n) is 11.7. The van der Waals surface area contributed by atoms with E-state index in [1.165, 1.54) is 0 Å². The third-order valence-electron chi connectivity index (χ3n) is 3.93. The maximum atomic E-state index is 12.1. The molecular formula is C15H20N4O. The van der Waals surface area contributed by atoms with Crippen LogP contribution in [-0.4, -0.2) is 34.4 Å². The second kappa shape index (κ2) is 5.63. The van der Waals surface area contributed by atoms with Crippen molar-refractivity contribution in [2.45, 2.75) is 25.8 Å². The van der Waals surface area contributed by atoms with E-state index < -0.39 is 0 Å². The first-order valence-corrected chi connectivity index (χ1v) is 7.15. The Morgan fingerprint density at radius 2 is 2.45 bits per heavy atom. The van der Waals surface area contributed by atoms with Gasteiger partial charge in [0.25, 0.3) is 0 Å². The van der Waals surface area contributed by atoms with E-state index in [-0.39, 0.29) is 11.9 Å². The Hall–Kier alpha value is -1.88. The van der Waals surface area contributed by atoms with Crippen molar-refractivity contribution in [2.24, 2.45) is 5.92 Å². The van der Waals surface area contributed by atoms with Crippen LogP contribution in [0.4, 0.5) is 0 Å². The number of imidazole rings is 1. The van der Waals surface area contributed by atoms with E-state index in [4.69, 9.17) is 0 Å². The molecule has 2 unspecified atom stereocenters. The molecule has 5 heteroatoms. The van der Waals surface area contributed by atoms with Crippen molar-refractivity contribution in [3.8, 4) is 0 Å². The first kappa shape index (κ1) is 13.1. The number of amides is 1. The van der Waals surface area contributed by atoms with Gasteiger partial charge in [0.1, 0.15) is 5.65 Å². The second-order valence-electron chi connectivity index (χ2n) is 5.52. The van der Waals surface area contributed by atoms with E-state index in [0.29, 0.717) is 12.3 Å². The van der Waals surface area contributed by atoms with Gasteiger partial charge in [0.2, 0.25) is 5.91 Å². The molecule has 0 radical (unpaired) electrons. The minimum absolute atomic E-state index is 0.0500. The molecule has 1 fully saturated rings. The number of piperidine rings is 1. The summed E-state index contributed by atoms with van der Waals surface area (Å²) in [5.74, 6) is 0.579. The monoisotopic (exact) mass is 272 g/mol. The number of pyridine rings is 1. The third kappa shape index (κ3) is 2.82. The number of fused-ring (bicyclic) bond motifs is 1. The van der Waals surface area contributed by atoms with Crippen LogP contribution in [0.25, 0.3) is 5.65 Å². The number of hydrogen-bond donors (Lipinski definition) is 2. The summed E-state index contributed by atoms with van der Waals surface area (Å²) in [6, 6.07) is 6.07. The lowest BCUT2D eigenvalue weighted by molar-refractivity contribution is -0.121. The molecule has 3 rings (SSSR count). The molecule has 1 amide bonds. The SMILES string of the molecule is CC1CCNCC1NC(=O)Cc1cn2ccccc2n1. The quantitative estimate of drug-likeness (QED) is 0.876. The van der Waals surface area contributed by atoms with E-state index >= 15 is 0 Å². The van der Waals surface area contributed by atoms with Crippen LogP contribution in [0, 0.1) is 5.92 Å². The van der Waals surface area contributed by atoms with Gasteiger partial charge in [-0.15, -0.1) is 0 Å². The van der Waals surface area contributed by atoms with Gasteiger partial charge in [-0.2, -0.15) is 0 Å². The molecule has 1 aliphatic heterocycles. The molecule has 1 aliphatic rings. The van der Waals surface area contributed by atoms with Gasteiger partial charge in [-0.3, -0.25) is 4.79 Å². The van der Waals surface area contributed by atoms with Crippen LogP contribution < -0.4 is 10.6 Å². The summed E-state index contributed by atoms with van der Waals surface area (Å²) in [7, 11) is 0. The summed E-state index contributed by atoms with van der Waals surface area (Å²) in [6.07, 6.45) is 5.30. The Morgan fingerprint density at radius 1 is 1.55 bits per heavy atom. The fourth-order valence-electron chi connectivity index (χ4n) is 2.68. The summed E-state index contributed by atoms with van der Waals surface area (Å²) < 4.78 is 1.94. The maximum Gasteiger partial charge on any atom is 0.226 e. The number of hydrogen-bond acceptors (Lipinski definition) is 3. The lowest BCUT2D eigenvalue weighted by Crippen LogP contribution is -2.50. The number of carbonyl (C=O) groups is 1. The molecule has 0 saturated carbocycles. The standard InChI is InChI=1S/C15H20N4O/c1-11-5-6-16-9-13(11)18-15(20)8-12-10-19-7-3-2-4-14(19)17-12/h2-4,7,10-11,13,16H,5-6,8-9H2,1H3,(H,18,20). The second-order valence-corrected chi connectivity index (χ2v) is 5.52. The molecule has 20 heavy (non-hydrogen) atoms. The normalized spacial score (nSPS) is 22.9. The summed E-state index contributed by atoms with van der Waals surface area (Å²) in [6.45, 7) is 4.09. The fraction of sp³-hybridized carbons (Fsp3) is 0.467. The Labute approximate surface area is 118 Å². The molecule has 5 nitrogen and oxygen atoms in total. The van der Waals surface area contributed by atoms with E-state index in [1.54, 1.807) is 0 Å². The summed E-state index contributed by atoms with van der Waals surface area (Å²) >= 11 is 0. The van der Waals surface area contributed by atoms with Crippen LogP contribution in [0.15, 0.2) is 30.6 Å². The molecular weight excluding hydrogens is 252 g/mol.